The zero-order chi connectivity index (χ0) is 10.1. The first-order valence-electron chi connectivity index (χ1n) is 5.43. The zero-order valence-corrected chi connectivity index (χ0v) is 8.56. The van der Waals surface area contributed by atoms with Crippen molar-refractivity contribution in [3.8, 4) is 0 Å². The maximum Gasteiger partial charge on any atom is 0.155 e. The molecular formula is C11H14N4. The number of hydrogen-bond donors (Lipinski definition) is 1. The molecule has 1 N–H and O–H groups in total. The predicted molar refractivity (Wildman–Crippen MR) is 57.8 cm³/mol. The first kappa shape index (κ1) is 8.85. The summed E-state index contributed by atoms with van der Waals surface area (Å²) in [6.45, 7) is 2.26. The van der Waals surface area contributed by atoms with Crippen LogP contribution in [-0.2, 0) is 0 Å². The summed E-state index contributed by atoms with van der Waals surface area (Å²) in [5.41, 5.74) is 2.35. The molecule has 3 heterocycles. The van der Waals surface area contributed by atoms with Gasteiger partial charge in [0.25, 0.3) is 0 Å². The molecule has 1 aliphatic heterocycles. The quantitative estimate of drug-likeness (QED) is 0.755. The molecule has 0 atom stereocenters. The van der Waals surface area contributed by atoms with E-state index in [0.29, 0.717) is 5.92 Å². The molecule has 2 aromatic heterocycles. The van der Waals surface area contributed by atoms with Crippen LogP contribution in [0.5, 0.6) is 0 Å². The Bertz CT molecular complexity index is 456. The van der Waals surface area contributed by atoms with E-state index < -0.39 is 0 Å². The van der Waals surface area contributed by atoms with Crippen LogP contribution in [0.2, 0.25) is 0 Å². The fraction of sp³-hybridized carbons (Fsp3) is 0.455. The Morgan fingerprint density at radius 3 is 3.07 bits per heavy atom. The summed E-state index contributed by atoms with van der Waals surface area (Å²) in [6.07, 6.45) is 6.05. The number of piperidine rings is 1. The van der Waals surface area contributed by atoms with Crippen LogP contribution in [-0.4, -0.2) is 27.7 Å². The first-order valence-corrected chi connectivity index (χ1v) is 5.43. The van der Waals surface area contributed by atoms with Crippen LogP contribution in [0.25, 0.3) is 5.65 Å². The molecule has 0 unspecified atom stereocenters. The van der Waals surface area contributed by atoms with Crippen LogP contribution in [0.4, 0.5) is 0 Å². The van der Waals surface area contributed by atoms with Crippen molar-refractivity contribution in [1.82, 2.24) is 19.9 Å². The summed E-state index contributed by atoms with van der Waals surface area (Å²) in [5, 5.41) is 7.48. The molecule has 0 amide bonds. The Balaban J connectivity index is 1.95. The summed E-state index contributed by atoms with van der Waals surface area (Å²) in [7, 11) is 0. The van der Waals surface area contributed by atoms with Gasteiger partial charge < -0.3 is 5.32 Å². The molecule has 0 spiro atoms. The summed E-state index contributed by atoms with van der Waals surface area (Å²) >= 11 is 0. The number of nitrogens with one attached hydrogen (secondary N) is 1. The monoisotopic (exact) mass is 202 g/mol. The van der Waals surface area contributed by atoms with Gasteiger partial charge in [-0.2, -0.15) is 5.10 Å². The molecule has 1 saturated heterocycles. The van der Waals surface area contributed by atoms with Crippen LogP contribution in [0.15, 0.2) is 24.7 Å². The number of fused-ring (bicyclic) bond motifs is 1. The number of nitrogens with zero attached hydrogens (tertiary/aromatic N) is 3. The molecule has 0 aliphatic carbocycles. The molecule has 3 rings (SSSR count). The lowest BCUT2D eigenvalue weighted by Crippen LogP contribution is -2.26. The van der Waals surface area contributed by atoms with E-state index in [1.54, 1.807) is 6.33 Å². The molecule has 4 nitrogen and oxygen atoms in total. The molecule has 15 heavy (non-hydrogen) atoms. The van der Waals surface area contributed by atoms with E-state index in [4.69, 9.17) is 0 Å². The minimum absolute atomic E-state index is 0.688. The molecule has 78 valence electrons. The van der Waals surface area contributed by atoms with Crippen molar-refractivity contribution >= 4 is 5.65 Å². The Morgan fingerprint density at radius 1 is 1.33 bits per heavy atom. The van der Waals surface area contributed by atoms with Crippen molar-refractivity contribution in [3.63, 3.8) is 0 Å². The first-order chi connectivity index (χ1) is 7.43. The number of aromatic nitrogens is 3. The summed E-state index contributed by atoms with van der Waals surface area (Å²) in [5.74, 6) is 0.688. The van der Waals surface area contributed by atoms with Gasteiger partial charge in [-0.15, -0.1) is 0 Å². The molecule has 0 aromatic carbocycles. The van der Waals surface area contributed by atoms with Gasteiger partial charge >= 0.3 is 0 Å². The van der Waals surface area contributed by atoms with E-state index in [0.717, 1.165) is 18.7 Å². The van der Waals surface area contributed by atoms with Crippen LogP contribution in [0, 0.1) is 0 Å². The van der Waals surface area contributed by atoms with E-state index in [1.165, 1.54) is 18.4 Å². The average molecular weight is 202 g/mol. The van der Waals surface area contributed by atoms with Gasteiger partial charge in [-0.25, -0.2) is 9.50 Å². The van der Waals surface area contributed by atoms with Gasteiger partial charge in [-0.05, 0) is 49.5 Å². The van der Waals surface area contributed by atoms with Gasteiger partial charge in [0.2, 0.25) is 0 Å². The lowest BCUT2D eigenvalue weighted by Gasteiger charge is -2.22. The molecule has 2 aromatic rings. The molecule has 1 fully saturated rings. The standard InChI is InChI=1S/C11H14N4/c1-4-12-5-2-9(1)10-3-6-15-11(7-10)13-8-14-15/h3,6-9,12H,1-2,4-5H2. The third kappa shape index (κ3) is 1.61. The van der Waals surface area contributed by atoms with Crippen molar-refractivity contribution in [2.75, 3.05) is 13.1 Å². The fourth-order valence-electron chi connectivity index (χ4n) is 2.24. The maximum atomic E-state index is 4.21. The third-order valence-electron chi connectivity index (χ3n) is 3.12. The summed E-state index contributed by atoms with van der Waals surface area (Å²) in [6, 6.07) is 4.32. The van der Waals surface area contributed by atoms with E-state index in [1.807, 2.05) is 10.7 Å². The summed E-state index contributed by atoms with van der Waals surface area (Å²) < 4.78 is 1.81. The predicted octanol–water partition coefficient (Wildman–Crippen LogP) is 1.20. The Hall–Kier alpha value is -1.42. The van der Waals surface area contributed by atoms with E-state index in [-0.39, 0.29) is 0 Å². The smallest absolute Gasteiger partial charge is 0.155 e. The molecule has 0 radical (unpaired) electrons. The molecule has 0 saturated carbocycles. The van der Waals surface area contributed by atoms with Crippen molar-refractivity contribution in [1.29, 1.82) is 0 Å². The third-order valence-corrected chi connectivity index (χ3v) is 3.12. The van der Waals surface area contributed by atoms with Crippen molar-refractivity contribution in [2.24, 2.45) is 0 Å². The highest BCUT2D eigenvalue weighted by Gasteiger charge is 2.15. The van der Waals surface area contributed by atoms with Crippen LogP contribution in [0.1, 0.15) is 24.3 Å². The molecule has 1 aliphatic rings. The number of pyridine rings is 1. The largest absolute Gasteiger partial charge is 0.317 e. The molecular weight excluding hydrogens is 188 g/mol. The Kier molecular flexibility index (Phi) is 2.14. The second-order valence-corrected chi connectivity index (χ2v) is 4.05. The minimum atomic E-state index is 0.688. The van der Waals surface area contributed by atoms with Crippen molar-refractivity contribution in [3.05, 3.63) is 30.2 Å². The number of hydrogen-bond acceptors (Lipinski definition) is 3. The fourth-order valence-corrected chi connectivity index (χ4v) is 2.24. The van der Waals surface area contributed by atoms with Gasteiger partial charge in [0.05, 0.1) is 0 Å². The molecule has 4 heteroatoms. The maximum absolute atomic E-state index is 4.21. The summed E-state index contributed by atoms with van der Waals surface area (Å²) in [4.78, 5) is 4.21. The Morgan fingerprint density at radius 2 is 2.20 bits per heavy atom. The van der Waals surface area contributed by atoms with E-state index in [2.05, 4.69) is 27.5 Å². The van der Waals surface area contributed by atoms with Gasteiger partial charge in [-0.1, -0.05) is 0 Å². The highest BCUT2D eigenvalue weighted by atomic mass is 15.3. The van der Waals surface area contributed by atoms with Crippen molar-refractivity contribution < 1.29 is 0 Å². The topological polar surface area (TPSA) is 42.2 Å². The van der Waals surface area contributed by atoms with Crippen molar-refractivity contribution in [2.45, 2.75) is 18.8 Å². The van der Waals surface area contributed by atoms with Gasteiger partial charge in [0.1, 0.15) is 6.33 Å². The van der Waals surface area contributed by atoms with E-state index in [9.17, 15) is 0 Å². The minimum Gasteiger partial charge on any atom is -0.317 e. The SMILES string of the molecule is c1nc2cc(C3CCNCC3)ccn2n1. The highest BCUT2D eigenvalue weighted by molar-refractivity contribution is 5.40. The highest BCUT2D eigenvalue weighted by Crippen LogP contribution is 2.25. The van der Waals surface area contributed by atoms with Crippen LogP contribution < -0.4 is 5.32 Å². The van der Waals surface area contributed by atoms with Crippen LogP contribution >= 0.6 is 0 Å². The zero-order valence-electron chi connectivity index (χ0n) is 8.56. The lowest BCUT2D eigenvalue weighted by atomic mass is 9.91. The lowest BCUT2D eigenvalue weighted by molar-refractivity contribution is 0.460. The normalized spacial score (nSPS) is 18.4. The van der Waals surface area contributed by atoms with Gasteiger partial charge in [0, 0.05) is 6.20 Å². The average Bonchev–Trinajstić information content (AvgIpc) is 2.77. The second kappa shape index (κ2) is 3.62. The van der Waals surface area contributed by atoms with Gasteiger partial charge in [0.15, 0.2) is 5.65 Å². The Labute approximate surface area is 88.3 Å². The second-order valence-electron chi connectivity index (χ2n) is 4.05. The number of rotatable bonds is 1. The van der Waals surface area contributed by atoms with Gasteiger partial charge in [-0.3, -0.25) is 0 Å². The van der Waals surface area contributed by atoms with Crippen LogP contribution in [0.3, 0.4) is 0 Å². The molecule has 0 bridgehead atoms. The van der Waals surface area contributed by atoms with E-state index >= 15 is 0 Å².